The molecule has 104 valence electrons. The molecule has 0 bridgehead atoms. The summed E-state index contributed by atoms with van der Waals surface area (Å²) in [4.78, 5) is 10.8. The Morgan fingerprint density at radius 3 is 2.50 bits per heavy atom. The molecule has 0 aromatic heterocycles. The number of carbonyl (C=O) groups excluding carboxylic acids is 1. The number of carbonyl (C=O) groups is 1. The minimum atomic E-state index is -0.303. The van der Waals surface area contributed by atoms with Crippen LogP contribution >= 0.6 is 0 Å². The monoisotopic (exact) mass is 254 g/mol. The van der Waals surface area contributed by atoms with Crippen molar-refractivity contribution in [2.24, 2.45) is 0 Å². The Kier molecular flexibility index (Phi) is 7.02. The SMILES string of the molecule is C=CC(=O)OCCCCCC[N+]1(CC)CCCC1. The van der Waals surface area contributed by atoms with Gasteiger partial charge in [0.15, 0.2) is 0 Å². The van der Waals surface area contributed by atoms with Crippen molar-refractivity contribution in [1.29, 1.82) is 0 Å². The summed E-state index contributed by atoms with van der Waals surface area (Å²) in [6, 6.07) is 0. The largest absolute Gasteiger partial charge is 0.463 e. The van der Waals surface area contributed by atoms with Crippen LogP contribution in [0.25, 0.3) is 0 Å². The predicted molar refractivity (Wildman–Crippen MR) is 74.3 cm³/mol. The van der Waals surface area contributed by atoms with Crippen molar-refractivity contribution in [3.8, 4) is 0 Å². The van der Waals surface area contributed by atoms with Gasteiger partial charge in [-0.2, -0.15) is 0 Å². The highest BCUT2D eigenvalue weighted by Crippen LogP contribution is 2.20. The number of hydrogen-bond acceptors (Lipinski definition) is 2. The molecule has 1 saturated heterocycles. The number of esters is 1. The average molecular weight is 254 g/mol. The summed E-state index contributed by atoms with van der Waals surface area (Å²) in [5.74, 6) is -0.303. The Hall–Kier alpha value is -0.830. The van der Waals surface area contributed by atoms with E-state index >= 15 is 0 Å². The Bertz CT molecular complexity index is 257. The van der Waals surface area contributed by atoms with Crippen LogP contribution in [0.3, 0.4) is 0 Å². The van der Waals surface area contributed by atoms with E-state index < -0.39 is 0 Å². The molecule has 0 atom stereocenters. The van der Waals surface area contributed by atoms with Gasteiger partial charge in [0.2, 0.25) is 0 Å². The number of hydrogen-bond donors (Lipinski definition) is 0. The quantitative estimate of drug-likeness (QED) is 0.274. The van der Waals surface area contributed by atoms with E-state index in [-0.39, 0.29) is 5.97 Å². The first-order chi connectivity index (χ1) is 8.72. The van der Waals surface area contributed by atoms with E-state index in [2.05, 4.69) is 13.5 Å². The van der Waals surface area contributed by atoms with Gasteiger partial charge in [0.25, 0.3) is 0 Å². The van der Waals surface area contributed by atoms with Gasteiger partial charge in [-0.25, -0.2) is 4.79 Å². The summed E-state index contributed by atoms with van der Waals surface area (Å²) < 4.78 is 6.29. The molecule has 0 spiro atoms. The topological polar surface area (TPSA) is 26.3 Å². The second-order valence-corrected chi connectivity index (χ2v) is 5.32. The molecule has 1 aliphatic heterocycles. The number of quaternary nitrogens is 1. The lowest BCUT2D eigenvalue weighted by molar-refractivity contribution is -0.915. The van der Waals surface area contributed by atoms with Crippen LogP contribution in [0, 0.1) is 0 Å². The molecule has 1 fully saturated rings. The normalized spacial score (nSPS) is 17.6. The van der Waals surface area contributed by atoms with Crippen LogP contribution in [0.2, 0.25) is 0 Å². The highest BCUT2D eigenvalue weighted by atomic mass is 16.5. The number of unbranched alkanes of at least 4 members (excludes halogenated alkanes) is 3. The smallest absolute Gasteiger partial charge is 0.330 e. The molecule has 3 nitrogen and oxygen atoms in total. The third-order valence-corrected chi connectivity index (χ3v) is 4.12. The minimum Gasteiger partial charge on any atom is -0.463 e. The van der Waals surface area contributed by atoms with Gasteiger partial charge in [0.1, 0.15) is 0 Å². The fourth-order valence-electron chi connectivity index (χ4n) is 2.84. The van der Waals surface area contributed by atoms with Gasteiger partial charge in [-0.15, -0.1) is 0 Å². The van der Waals surface area contributed by atoms with Crippen LogP contribution in [0.1, 0.15) is 45.4 Å². The third kappa shape index (κ3) is 5.21. The standard InChI is InChI=1S/C15H28NO2/c1-3-15(17)18-14-10-6-5-7-11-16(4-2)12-8-9-13-16/h3H,1,4-14H2,2H3/q+1. The summed E-state index contributed by atoms with van der Waals surface area (Å²) in [6.45, 7) is 11.6. The van der Waals surface area contributed by atoms with Crippen molar-refractivity contribution in [1.82, 2.24) is 0 Å². The van der Waals surface area contributed by atoms with Gasteiger partial charge < -0.3 is 9.22 Å². The van der Waals surface area contributed by atoms with E-state index in [1.54, 1.807) is 0 Å². The average Bonchev–Trinajstić information content (AvgIpc) is 2.86. The molecule has 1 aliphatic rings. The van der Waals surface area contributed by atoms with Gasteiger partial charge in [0, 0.05) is 18.9 Å². The van der Waals surface area contributed by atoms with Gasteiger partial charge in [-0.3, -0.25) is 0 Å². The molecule has 0 aliphatic carbocycles. The summed E-state index contributed by atoms with van der Waals surface area (Å²) in [7, 11) is 0. The lowest BCUT2D eigenvalue weighted by Gasteiger charge is -2.33. The number of rotatable bonds is 9. The van der Waals surface area contributed by atoms with E-state index in [0.29, 0.717) is 6.61 Å². The van der Waals surface area contributed by atoms with Crippen LogP contribution < -0.4 is 0 Å². The number of likely N-dealkylation sites (tertiary alicyclic amines) is 1. The predicted octanol–water partition coefficient (Wildman–Crippen LogP) is 2.91. The van der Waals surface area contributed by atoms with Crippen LogP contribution in [0.15, 0.2) is 12.7 Å². The summed E-state index contributed by atoms with van der Waals surface area (Å²) in [5, 5.41) is 0. The van der Waals surface area contributed by atoms with Crippen LogP contribution in [-0.4, -0.2) is 43.2 Å². The van der Waals surface area contributed by atoms with Crippen molar-refractivity contribution in [3.63, 3.8) is 0 Å². The maximum Gasteiger partial charge on any atom is 0.330 e. The maximum absolute atomic E-state index is 10.8. The fraction of sp³-hybridized carbons (Fsp3) is 0.800. The van der Waals surface area contributed by atoms with Crippen LogP contribution in [0.5, 0.6) is 0 Å². The molecule has 1 heterocycles. The Labute approximate surface area is 111 Å². The number of nitrogens with zero attached hydrogens (tertiary/aromatic N) is 1. The van der Waals surface area contributed by atoms with E-state index in [1.807, 2.05) is 0 Å². The van der Waals surface area contributed by atoms with Crippen molar-refractivity contribution in [3.05, 3.63) is 12.7 Å². The molecule has 0 saturated carbocycles. The van der Waals surface area contributed by atoms with Crippen molar-refractivity contribution >= 4 is 5.97 Å². The molecule has 0 radical (unpaired) electrons. The molecule has 0 aromatic rings. The molecule has 0 unspecified atom stereocenters. The van der Waals surface area contributed by atoms with Gasteiger partial charge in [0.05, 0.1) is 32.8 Å². The zero-order valence-electron chi connectivity index (χ0n) is 11.8. The lowest BCUT2D eigenvalue weighted by atomic mass is 10.2. The lowest BCUT2D eigenvalue weighted by Crippen LogP contribution is -2.45. The van der Waals surface area contributed by atoms with Gasteiger partial charge in [-0.05, 0) is 32.6 Å². The Morgan fingerprint density at radius 2 is 1.89 bits per heavy atom. The van der Waals surface area contributed by atoms with E-state index in [4.69, 9.17) is 4.74 Å². The first kappa shape index (κ1) is 15.2. The first-order valence-electron chi connectivity index (χ1n) is 7.37. The molecular formula is C15H28NO2+. The fourth-order valence-corrected chi connectivity index (χ4v) is 2.84. The third-order valence-electron chi connectivity index (χ3n) is 4.12. The zero-order chi connectivity index (χ0) is 13.3. The van der Waals surface area contributed by atoms with E-state index in [9.17, 15) is 4.79 Å². The molecule has 1 rings (SSSR count). The molecule has 0 N–H and O–H groups in total. The van der Waals surface area contributed by atoms with Crippen molar-refractivity contribution < 1.29 is 14.0 Å². The molecule has 3 heteroatoms. The second kappa shape index (κ2) is 8.30. The van der Waals surface area contributed by atoms with Crippen LogP contribution in [-0.2, 0) is 9.53 Å². The number of ether oxygens (including phenoxy) is 1. The second-order valence-electron chi connectivity index (χ2n) is 5.32. The van der Waals surface area contributed by atoms with Crippen LogP contribution in [0.4, 0.5) is 0 Å². The van der Waals surface area contributed by atoms with Crippen molar-refractivity contribution in [2.75, 3.05) is 32.8 Å². The van der Waals surface area contributed by atoms with E-state index in [0.717, 1.165) is 12.8 Å². The highest BCUT2D eigenvalue weighted by Gasteiger charge is 2.28. The molecule has 0 aromatic carbocycles. The summed E-state index contributed by atoms with van der Waals surface area (Å²) in [5.41, 5.74) is 0. The summed E-state index contributed by atoms with van der Waals surface area (Å²) >= 11 is 0. The van der Waals surface area contributed by atoms with Crippen molar-refractivity contribution in [2.45, 2.75) is 45.4 Å². The zero-order valence-corrected chi connectivity index (χ0v) is 11.8. The van der Waals surface area contributed by atoms with Gasteiger partial charge in [-0.1, -0.05) is 6.58 Å². The molecular weight excluding hydrogens is 226 g/mol. The maximum atomic E-state index is 10.8. The van der Waals surface area contributed by atoms with Gasteiger partial charge >= 0.3 is 5.97 Å². The molecule has 0 amide bonds. The van der Waals surface area contributed by atoms with E-state index in [1.165, 1.54) is 62.4 Å². The Balaban J connectivity index is 1.98. The minimum absolute atomic E-state index is 0.303. The molecule has 18 heavy (non-hydrogen) atoms. The highest BCUT2D eigenvalue weighted by molar-refractivity contribution is 5.81. The summed E-state index contributed by atoms with van der Waals surface area (Å²) in [6.07, 6.45) is 8.74. The first-order valence-corrected chi connectivity index (χ1v) is 7.37. The Morgan fingerprint density at radius 1 is 1.22 bits per heavy atom.